The van der Waals surface area contributed by atoms with E-state index < -0.39 is 5.97 Å². The molecule has 0 saturated carbocycles. The Bertz CT molecular complexity index is 707. The van der Waals surface area contributed by atoms with Crippen molar-refractivity contribution in [2.45, 2.75) is 13.3 Å². The average molecular weight is 363 g/mol. The van der Waals surface area contributed by atoms with Crippen molar-refractivity contribution in [3.8, 4) is 0 Å². The van der Waals surface area contributed by atoms with E-state index in [-0.39, 0.29) is 0 Å². The van der Waals surface area contributed by atoms with E-state index in [1.54, 1.807) is 25.1 Å². The summed E-state index contributed by atoms with van der Waals surface area (Å²) in [4.78, 5) is 11.8. The van der Waals surface area contributed by atoms with Crippen LogP contribution in [0.4, 0.5) is 5.69 Å². The number of carbonyl (C=O) groups is 1. The minimum Gasteiger partial charge on any atom is -0.462 e. The first-order valence-corrected chi connectivity index (χ1v) is 8.44. The molecule has 0 saturated heterocycles. The van der Waals surface area contributed by atoms with E-state index in [0.29, 0.717) is 34.5 Å². The summed E-state index contributed by atoms with van der Waals surface area (Å²) in [5.41, 5.74) is 2.24. The van der Waals surface area contributed by atoms with Gasteiger partial charge < -0.3 is 15.4 Å². The van der Waals surface area contributed by atoms with Crippen LogP contribution < -0.4 is 10.6 Å². The van der Waals surface area contributed by atoms with Crippen molar-refractivity contribution in [2.75, 3.05) is 18.5 Å². The number of hydrogen-bond donors (Lipinski definition) is 2. The van der Waals surface area contributed by atoms with Gasteiger partial charge in [-0.1, -0.05) is 41.9 Å². The zero-order valence-electron chi connectivity index (χ0n) is 13.3. The fourth-order valence-electron chi connectivity index (χ4n) is 2.11. The third-order valence-electron chi connectivity index (χ3n) is 3.26. The van der Waals surface area contributed by atoms with Gasteiger partial charge >= 0.3 is 5.97 Å². The molecule has 0 bridgehead atoms. The Hall–Kier alpha value is -2.11. The average Bonchev–Trinajstić information content (AvgIpc) is 2.58. The molecule has 0 amide bonds. The van der Waals surface area contributed by atoms with E-state index in [2.05, 4.69) is 22.8 Å². The molecular formula is C18H19ClN2O2S. The van der Waals surface area contributed by atoms with Gasteiger partial charge in [0.05, 0.1) is 17.2 Å². The van der Waals surface area contributed by atoms with Crippen molar-refractivity contribution < 1.29 is 9.53 Å². The topological polar surface area (TPSA) is 50.4 Å². The number of hydrogen-bond acceptors (Lipinski definition) is 3. The molecule has 0 aliphatic carbocycles. The van der Waals surface area contributed by atoms with Gasteiger partial charge in [0.1, 0.15) is 0 Å². The van der Waals surface area contributed by atoms with Gasteiger partial charge in [-0.2, -0.15) is 0 Å². The van der Waals surface area contributed by atoms with Gasteiger partial charge in [-0.25, -0.2) is 4.79 Å². The van der Waals surface area contributed by atoms with Gasteiger partial charge in [-0.15, -0.1) is 0 Å². The number of carbonyl (C=O) groups excluding carboxylic acids is 1. The quantitative estimate of drug-likeness (QED) is 0.599. The standard InChI is InChI=1S/C18H19ClN2O2S/c1-2-23-17(22)15-12-14(8-9-16(15)19)21-18(24)20-11-10-13-6-4-3-5-7-13/h3-9,12H,2,10-11H2,1H3,(H2,20,21,24). The Labute approximate surface area is 152 Å². The van der Waals surface area contributed by atoms with Crippen LogP contribution in [-0.4, -0.2) is 24.2 Å². The largest absolute Gasteiger partial charge is 0.462 e. The number of thiocarbonyl (C=S) groups is 1. The molecular weight excluding hydrogens is 344 g/mol. The highest BCUT2D eigenvalue weighted by atomic mass is 35.5. The predicted molar refractivity (Wildman–Crippen MR) is 102 cm³/mol. The van der Waals surface area contributed by atoms with Crippen LogP contribution in [0.25, 0.3) is 0 Å². The summed E-state index contributed by atoms with van der Waals surface area (Å²) in [5, 5.41) is 7.02. The fraction of sp³-hybridized carbons (Fsp3) is 0.222. The number of ether oxygens (including phenoxy) is 1. The van der Waals surface area contributed by atoms with Crippen LogP contribution >= 0.6 is 23.8 Å². The molecule has 0 aliphatic heterocycles. The molecule has 0 aliphatic rings. The van der Waals surface area contributed by atoms with E-state index in [4.69, 9.17) is 28.6 Å². The number of halogens is 1. The van der Waals surface area contributed by atoms with Crippen LogP contribution in [0.1, 0.15) is 22.8 Å². The van der Waals surface area contributed by atoms with Gasteiger partial charge in [-0.05, 0) is 49.3 Å². The summed E-state index contributed by atoms with van der Waals surface area (Å²) in [7, 11) is 0. The van der Waals surface area contributed by atoms with Crippen LogP contribution in [0, 0.1) is 0 Å². The lowest BCUT2D eigenvalue weighted by molar-refractivity contribution is 0.0526. The maximum absolute atomic E-state index is 11.8. The minimum atomic E-state index is -0.450. The molecule has 0 unspecified atom stereocenters. The molecule has 0 aromatic heterocycles. The highest BCUT2D eigenvalue weighted by Gasteiger charge is 2.12. The SMILES string of the molecule is CCOC(=O)c1cc(NC(=S)NCCc2ccccc2)ccc1Cl. The summed E-state index contributed by atoms with van der Waals surface area (Å²) in [6.07, 6.45) is 0.872. The molecule has 2 rings (SSSR count). The van der Waals surface area contributed by atoms with Crippen molar-refractivity contribution >= 4 is 40.6 Å². The maximum Gasteiger partial charge on any atom is 0.339 e. The van der Waals surface area contributed by atoms with Crippen molar-refractivity contribution in [2.24, 2.45) is 0 Å². The zero-order chi connectivity index (χ0) is 17.4. The molecule has 2 aromatic carbocycles. The van der Waals surface area contributed by atoms with Crippen molar-refractivity contribution in [1.82, 2.24) is 5.32 Å². The number of rotatable bonds is 6. The third-order valence-corrected chi connectivity index (χ3v) is 3.84. The van der Waals surface area contributed by atoms with Gasteiger partial charge in [-0.3, -0.25) is 0 Å². The van der Waals surface area contributed by atoms with E-state index in [9.17, 15) is 4.79 Å². The van der Waals surface area contributed by atoms with Crippen LogP contribution in [-0.2, 0) is 11.2 Å². The first kappa shape index (κ1) is 18.2. The molecule has 2 N–H and O–H groups in total. The molecule has 0 atom stereocenters. The van der Waals surface area contributed by atoms with Crippen molar-refractivity contribution in [3.63, 3.8) is 0 Å². The Morgan fingerprint density at radius 2 is 1.96 bits per heavy atom. The fourth-order valence-corrected chi connectivity index (χ4v) is 2.52. The predicted octanol–water partition coefficient (Wildman–Crippen LogP) is 4.05. The highest BCUT2D eigenvalue weighted by molar-refractivity contribution is 7.80. The van der Waals surface area contributed by atoms with Crippen LogP contribution in [0.2, 0.25) is 5.02 Å². The molecule has 0 fully saturated rings. The maximum atomic E-state index is 11.8. The van der Waals surface area contributed by atoms with E-state index in [0.717, 1.165) is 6.42 Å². The number of anilines is 1. The second-order valence-corrected chi connectivity index (χ2v) is 5.85. The molecule has 126 valence electrons. The van der Waals surface area contributed by atoms with E-state index in [1.165, 1.54) is 5.56 Å². The van der Waals surface area contributed by atoms with Crippen LogP contribution in [0.3, 0.4) is 0 Å². The molecule has 0 spiro atoms. The second-order valence-electron chi connectivity index (χ2n) is 5.03. The molecule has 0 heterocycles. The first-order chi connectivity index (χ1) is 11.6. The normalized spacial score (nSPS) is 10.1. The molecule has 4 nitrogen and oxygen atoms in total. The van der Waals surface area contributed by atoms with Gasteiger partial charge in [0, 0.05) is 12.2 Å². The lowest BCUT2D eigenvalue weighted by Gasteiger charge is -2.12. The third kappa shape index (κ3) is 5.51. The zero-order valence-corrected chi connectivity index (χ0v) is 14.9. The summed E-state index contributed by atoms with van der Waals surface area (Å²) in [6.45, 7) is 2.76. The van der Waals surface area contributed by atoms with Gasteiger partial charge in [0.25, 0.3) is 0 Å². The second kappa shape index (κ2) is 9.25. The monoisotopic (exact) mass is 362 g/mol. The molecule has 0 radical (unpaired) electrons. The first-order valence-electron chi connectivity index (χ1n) is 7.65. The van der Waals surface area contributed by atoms with Crippen LogP contribution in [0.5, 0.6) is 0 Å². The summed E-state index contributed by atoms with van der Waals surface area (Å²) in [5.74, 6) is -0.450. The molecule has 24 heavy (non-hydrogen) atoms. The van der Waals surface area contributed by atoms with E-state index in [1.807, 2.05) is 18.2 Å². The number of benzene rings is 2. The Kier molecular flexibility index (Phi) is 7.03. The van der Waals surface area contributed by atoms with Gasteiger partial charge in [0.2, 0.25) is 0 Å². The Morgan fingerprint density at radius 1 is 1.21 bits per heavy atom. The van der Waals surface area contributed by atoms with Crippen molar-refractivity contribution in [3.05, 3.63) is 64.7 Å². The smallest absolute Gasteiger partial charge is 0.339 e. The van der Waals surface area contributed by atoms with E-state index >= 15 is 0 Å². The Balaban J connectivity index is 1.89. The summed E-state index contributed by atoms with van der Waals surface area (Å²) in [6, 6.07) is 15.2. The molecule has 2 aromatic rings. The highest BCUT2D eigenvalue weighted by Crippen LogP contribution is 2.21. The van der Waals surface area contributed by atoms with Crippen molar-refractivity contribution in [1.29, 1.82) is 0 Å². The number of esters is 1. The number of nitrogens with one attached hydrogen (secondary N) is 2. The van der Waals surface area contributed by atoms with Gasteiger partial charge in [0.15, 0.2) is 5.11 Å². The molecule has 6 heteroatoms. The minimum absolute atomic E-state index is 0.298. The lowest BCUT2D eigenvalue weighted by atomic mass is 10.1. The summed E-state index contributed by atoms with van der Waals surface area (Å²) >= 11 is 11.3. The summed E-state index contributed by atoms with van der Waals surface area (Å²) < 4.78 is 4.98. The Morgan fingerprint density at radius 3 is 2.67 bits per heavy atom. The van der Waals surface area contributed by atoms with Crippen LogP contribution in [0.15, 0.2) is 48.5 Å². The lowest BCUT2D eigenvalue weighted by Crippen LogP contribution is -2.30.